The van der Waals surface area contributed by atoms with E-state index in [1.165, 1.54) is 9.13 Å². The summed E-state index contributed by atoms with van der Waals surface area (Å²) in [6.45, 7) is 0.0763. The number of hydrogen-bond acceptors (Lipinski definition) is 5. The molecule has 1 aromatic carbocycles. The summed E-state index contributed by atoms with van der Waals surface area (Å²) in [7, 11) is 3.34. The van der Waals surface area contributed by atoms with E-state index in [9.17, 15) is 9.59 Å². The minimum Gasteiger partial charge on any atom is -0.357 e. The van der Waals surface area contributed by atoms with Gasteiger partial charge in [-0.2, -0.15) is 0 Å². The highest BCUT2D eigenvalue weighted by Crippen LogP contribution is 2.24. The lowest BCUT2D eigenvalue weighted by molar-refractivity contribution is 0.628. The van der Waals surface area contributed by atoms with Crippen LogP contribution in [0.5, 0.6) is 0 Å². The minimum absolute atomic E-state index is 0.0763. The average molecular weight is 464 g/mol. The predicted molar refractivity (Wildman–Crippen MR) is 127 cm³/mol. The molecule has 4 aromatic heterocycles. The highest BCUT2D eigenvalue weighted by molar-refractivity contribution is 6.35. The Bertz CT molecular complexity index is 1610. The van der Waals surface area contributed by atoms with Crippen molar-refractivity contribution in [1.29, 1.82) is 0 Å². The SMILES string of the molecule is Cn1c(C(N)Cc2ccccn2)nc2c1c(=O)n(Cc1cc3c(Cl)cccc3[nH]1)c(=O)n2C. The molecule has 0 saturated carbocycles. The van der Waals surface area contributed by atoms with Crippen molar-refractivity contribution in [3.63, 3.8) is 0 Å². The molecule has 10 heteroatoms. The number of imidazole rings is 1. The first-order valence-corrected chi connectivity index (χ1v) is 10.8. The molecule has 0 aliphatic rings. The van der Waals surface area contributed by atoms with Gasteiger partial charge in [0.05, 0.1) is 12.6 Å². The number of benzene rings is 1. The Morgan fingerprint density at radius 2 is 1.94 bits per heavy atom. The maximum atomic E-state index is 13.4. The quantitative estimate of drug-likeness (QED) is 0.414. The van der Waals surface area contributed by atoms with E-state index in [-0.39, 0.29) is 6.54 Å². The van der Waals surface area contributed by atoms with Crippen LogP contribution < -0.4 is 17.0 Å². The normalized spacial score (nSPS) is 12.6. The zero-order valence-corrected chi connectivity index (χ0v) is 18.9. The molecule has 0 bridgehead atoms. The number of hydrogen-bond donors (Lipinski definition) is 2. The van der Waals surface area contributed by atoms with Crippen molar-refractivity contribution in [3.05, 3.63) is 91.7 Å². The Balaban J connectivity index is 1.59. The van der Waals surface area contributed by atoms with E-state index in [2.05, 4.69) is 15.0 Å². The maximum Gasteiger partial charge on any atom is 0.332 e. The third-order valence-electron chi connectivity index (χ3n) is 5.88. The van der Waals surface area contributed by atoms with Gasteiger partial charge < -0.3 is 15.3 Å². The van der Waals surface area contributed by atoms with Crippen molar-refractivity contribution < 1.29 is 0 Å². The molecule has 0 aliphatic heterocycles. The van der Waals surface area contributed by atoms with Crippen LogP contribution in [0.2, 0.25) is 5.02 Å². The lowest BCUT2D eigenvalue weighted by atomic mass is 10.1. The number of nitrogens with two attached hydrogens (primary N) is 1. The van der Waals surface area contributed by atoms with Gasteiger partial charge in [-0.05, 0) is 30.3 Å². The van der Waals surface area contributed by atoms with E-state index < -0.39 is 17.3 Å². The number of rotatable bonds is 5. The van der Waals surface area contributed by atoms with Gasteiger partial charge in [-0.15, -0.1) is 0 Å². The van der Waals surface area contributed by atoms with Gasteiger partial charge >= 0.3 is 5.69 Å². The second-order valence-electron chi connectivity index (χ2n) is 8.06. The van der Waals surface area contributed by atoms with Crippen LogP contribution in [-0.4, -0.2) is 28.7 Å². The summed E-state index contributed by atoms with van der Waals surface area (Å²) in [5.74, 6) is 0.512. The lowest BCUT2D eigenvalue weighted by Crippen LogP contribution is -2.39. The van der Waals surface area contributed by atoms with Crippen LogP contribution in [0.15, 0.2) is 58.3 Å². The van der Waals surface area contributed by atoms with Gasteiger partial charge in [0.15, 0.2) is 11.2 Å². The summed E-state index contributed by atoms with van der Waals surface area (Å²) in [4.78, 5) is 38.6. The highest BCUT2D eigenvalue weighted by atomic mass is 35.5. The van der Waals surface area contributed by atoms with Crippen LogP contribution in [-0.2, 0) is 27.1 Å². The summed E-state index contributed by atoms with van der Waals surface area (Å²) in [6, 6.07) is 12.5. The number of nitrogens with one attached hydrogen (secondary N) is 1. The van der Waals surface area contributed by atoms with Gasteiger partial charge in [0.2, 0.25) is 0 Å². The Morgan fingerprint density at radius 3 is 2.67 bits per heavy atom. The molecule has 1 atom stereocenters. The number of H-pyrrole nitrogens is 1. The molecule has 0 aliphatic carbocycles. The van der Waals surface area contributed by atoms with Gasteiger partial charge in [-0.1, -0.05) is 23.7 Å². The topological polar surface area (TPSA) is 117 Å². The van der Waals surface area contributed by atoms with Crippen LogP contribution in [0.3, 0.4) is 0 Å². The number of fused-ring (bicyclic) bond motifs is 2. The summed E-state index contributed by atoms with van der Waals surface area (Å²) in [5, 5.41) is 1.44. The average Bonchev–Trinajstić information content (AvgIpc) is 3.38. The number of aromatic amines is 1. The van der Waals surface area contributed by atoms with Crippen molar-refractivity contribution in [2.24, 2.45) is 19.8 Å². The van der Waals surface area contributed by atoms with Crippen LogP contribution in [0, 0.1) is 0 Å². The summed E-state index contributed by atoms with van der Waals surface area (Å²) in [5.41, 5.74) is 8.50. The maximum absolute atomic E-state index is 13.4. The number of aryl methyl sites for hydroxylation is 2. The van der Waals surface area contributed by atoms with Gasteiger partial charge in [-0.3, -0.25) is 18.9 Å². The molecule has 168 valence electrons. The van der Waals surface area contributed by atoms with Gasteiger partial charge in [0, 0.05) is 54.0 Å². The van der Waals surface area contributed by atoms with E-state index >= 15 is 0 Å². The fourth-order valence-corrected chi connectivity index (χ4v) is 4.43. The fraction of sp³-hybridized carbons (Fsp3) is 0.217. The molecular formula is C23H22ClN7O2. The molecule has 1 unspecified atom stereocenters. The molecular weight excluding hydrogens is 442 g/mol. The van der Waals surface area contributed by atoms with Crippen molar-refractivity contribution in [3.8, 4) is 0 Å². The van der Waals surface area contributed by atoms with Gasteiger partial charge in [0.25, 0.3) is 5.56 Å². The first kappa shape index (κ1) is 21.2. The van der Waals surface area contributed by atoms with Crippen LogP contribution in [0.4, 0.5) is 0 Å². The van der Waals surface area contributed by atoms with E-state index in [1.807, 2.05) is 36.4 Å². The van der Waals surface area contributed by atoms with Gasteiger partial charge in [0.1, 0.15) is 5.82 Å². The Morgan fingerprint density at radius 1 is 1.12 bits per heavy atom. The number of nitrogens with zero attached hydrogens (tertiary/aromatic N) is 5. The first-order valence-electron chi connectivity index (χ1n) is 10.4. The number of aromatic nitrogens is 6. The zero-order chi connectivity index (χ0) is 23.3. The third-order valence-corrected chi connectivity index (χ3v) is 6.21. The summed E-state index contributed by atoms with van der Waals surface area (Å²) in [6.07, 6.45) is 2.16. The molecule has 0 saturated heterocycles. The summed E-state index contributed by atoms with van der Waals surface area (Å²) >= 11 is 6.27. The monoisotopic (exact) mass is 463 g/mol. The van der Waals surface area contributed by atoms with Gasteiger partial charge in [-0.25, -0.2) is 9.78 Å². The number of pyridine rings is 1. The van der Waals surface area contributed by atoms with E-state index in [1.54, 1.807) is 30.9 Å². The Hall–Kier alpha value is -3.69. The highest BCUT2D eigenvalue weighted by Gasteiger charge is 2.22. The minimum atomic E-state index is -0.490. The molecule has 0 amide bonds. The van der Waals surface area contributed by atoms with Crippen molar-refractivity contribution in [2.45, 2.75) is 19.0 Å². The molecule has 0 radical (unpaired) electrons. The second-order valence-corrected chi connectivity index (χ2v) is 8.47. The predicted octanol–water partition coefficient (Wildman–Crippen LogP) is 2.25. The molecule has 5 aromatic rings. The largest absolute Gasteiger partial charge is 0.357 e. The third kappa shape index (κ3) is 3.55. The summed E-state index contributed by atoms with van der Waals surface area (Å²) < 4.78 is 4.24. The number of halogens is 1. The van der Waals surface area contributed by atoms with Crippen molar-refractivity contribution >= 4 is 33.7 Å². The van der Waals surface area contributed by atoms with E-state index in [0.29, 0.717) is 34.1 Å². The molecule has 5 rings (SSSR count). The second kappa shape index (κ2) is 8.02. The zero-order valence-electron chi connectivity index (χ0n) is 18.1. The standard InChI is InChI=1S/C23H22ClN7O2/c1-29-19-21(28-20(29)17(25)11-13-6-3-4-9-26-13)30(2)23(33)31(22(19)32)12-14-10-15-16(24)7-5-8-18(15)27-14/h3-10,17,27H,11-12,25H2,1-2H3. The lowest BCUT2D eigenvalue weighted by Gasteiger charge is -2.11. The smallest absolute Gasteiger partial charge is 0.332 e. The molecule has 0 spiro atoms. The Labute approximate surface area is 193 Å². The fourth-order valence-electron chi connectivity index (χ4n) is 4.20. The van der Waals surface area contributed by atoms with Crippen LogP contribution >= 0.6 is 11.6 Å². The van der Waals surface area contributed by atoms with E-state index in [0.717, 1.165) is 16.6 Å². The van der Waals surface area contributed by atoms with Crippen LogP contribution in [0.25, 0.3) is 22.1 Å². The molecule has 4 heterocycles. The Kier molecular flexibility index (Phi) is 5.15. The van der Waals surface area contributed by atoms with Crippen LogP contribution in [0.1, 0.15) is 23.3 Å². The molecule has 9 nitrogen and oxygen atoms in total. The van der Waals surface area contributed by atoms with Crippen molar-refractivity contribution in [1.82, 2.24) is 28.7 Å². The molecule has 0 fully saturated rings. The molecule has 3 N–H and O–H groups in total. The van der Waals surface area contributed by atoms with E-state index in [4.69, 9.17) is 17.3 Å². The molecule has 33 heavy (non-hydrogen) atoms. The first-order chi connectivity index (χ1) is 15.8. The van der Waals surface area contributed by atoms with Crippen molar-refractivity contribution in [2.75, 3.05) is 0 Å².